The number of carbonyl (C=O) groups excluding carboxylic acids is 1. The number of para-hydroxylation sites is 1. The Bertz CT molecular complexity index is 606. The number of aryl methyl sites for hydroxylation is 1. The van der Waals surface area contributed by atoms with E-state index in [1.807, 2.05) is 0 Å². The lowest BCUT2D eigenvalue weighted by atomic mass is 10.3. The first-order valence-corrected chi connectivity index (χ1v) is 5.73. The first-order valence-electron chi connectivity index (χ1n) is 5.73. The standard InChI is InChI=1S/C13H11F3N2O2/c1-9-7-11(13(14,15)16)17-18(9)12(19)8-20-10-5-3-2-4-6-10/h2-7H,8H2,1H3. The summed E-state index contributed by atoms with van der Waals surface area (Å²) < 4.78 is 43.3. The minimum Gasteiger partial charge on any atom is -0.484 e. The number of ether oxygens (including phenoxy) is 1. The molecule has 0 aliphatic carbocycles. The summed E-state index contributed by atoms with van der Waals surface area (Å²) in [6, 6.07) is 9.33. The topological polar surface area (TPSA) is 44.1 Å². The minimum absolute atomic E-state index is 0.110. The first kappa shape index (κ1) is 14.1. The van der Waals surface area contributed by atoms with Gasteiger partial charge in [0.05, 0.1) is 0 Å². The number of hydrogen-bond acceptors (Lipinski definition) is 3. The van der Waals surface area contributed by atoms with E-state index >= 15 is 0 Å². The quantitative estimate of drug-likeness (QED) is 0.870. The second-order valence-electron chi connectivity index (χ2n) is 4.08. The van der Waals surface area contributed by atoms with E-state index in [0.717, 1.165) is 6.07 Å². The average Bonchev–Trinajstić information content (AvgIpc) is 2.79. The first-order chi connectivity index (χ1) is 9.38. The lowest BCUT2D eigenvalue weighted by Gasteiger charge is -2.06. The van der Waals surface area contributed by atoms with Crippen molar-refractivity contribution in [1.82, 2.24) is 9.78 Å². The Morgan fingerprint density at radius 3 is 2.50 bits per heavy atom. The van der Waals surface area contributed by atoms with Gasteiger partial charge in [0.1, 0.15) is 5.75 Å². The van der Waals surface area contributed by atoms with Crippen molar-refractivity contribution in [3.05, 3.63) is 47.8 Å². The summed E-state index contributed by atoms with van der Waals surface area (Å²) in [6.45, 7) is 0.993. The van der Waals surface area contributed by atoms with Crippen LogP contribution in [0.5, 0.6) is 5.75 Å². The van der Waals surface area contributed by atoms with E-state index in [1.165, 1.54) is 6.92 Å². The highest BCUT2D eigenvalue weighted by molar-refractivity contribution is 5.80. The lowest BCUT2D eigenvalue weighted by molar-refractivity contribution is -0.141. The number of carbonyl (C=O) groups is 1. The molecule has 0 saturated carbocycles. The Labute approximate surface area is 112 Å². The second-order valence-corrected chi connectivity index (χ2v) is 4.08. The molecule has 0 amide bonds. The molecule has 20 heavy (non-hydrogen) atoms. The van der Waals surface area contributed by atoms with Crippen molar-refractivity contribution in [3.8, 4) is 5.75 Å². The molecule has 0 N–H and O–H groups in total. The summed E-state index contributed by atoms with van der Waals surface area (Å²) in [4.78, 5) is 11.8. The summed E-state index contributed by atoms with van der Waals surface area (Å²) in [5.74, 6) is -0.205. The van der Waals surface area contributed by atoms with Crippen molar-refractivity contribution in [2.24, 2.45) is 0 Å². The third-order valence-corrected chi connectivity index (χ3v) is 2.52. The van der Waals surface area contributed by atoms with E-state index in [0.29, 0.717) is 10.4 Å². The molecule has 106 valence electrons. The van der Waals surface area contributed by atoms with Gasteiger partial charge in [-0.2, -0.15) is 18.3 Å². The third kappa shape index (κ3) is 3.17. The second kappa shape index (κ2) is 5.36. The normalized spacial score (nSPS) is 11.4. The highest BCUT2D eigenvalue weighted by Gasteiger charge is 2.35. The molecule has 0 unspecified atom stereocenters. The van der Waals surface area contributed by atoms with Gasteiger partial charge in [0.15, 0.2) is 12.3 Å². The molecule has 0 spiro atoms. The van der Waals surface area contributed by atoms with Crippen LogP contribution in [0.25, 0.3) is 0 Å². The lowest BCUT2D eigenvalue weighted by Crippen LogP contribution is -2.22. The van der Waals surface area contributed by atoms with E-state index in [4.69, 9.17) is 4.74 Å². The molecule has 2 aromatic rings. The van der Waals surface area contributed by atoms with Crippen LogP contribution in [0.2, 0.25) is 0 Å². The molecule has 1 aromatic carbocycles. The molecule has 1 heterocycles. The van der Waals surface area contributed by atoms with Crippen molar-refractivity contribution < 1.29 is 22.7 Å². The van der Waals surface area contributed by atoms with Crippen LogP contribution in [0.15, 0.2) is 36.4 Å². The molecule has 2 rings (SSSR count). The summed E-state index contributed by atoms with van der Waals surface area (Å²) >= 11 is 0. The maximum atomic E-state index is 12.5. The summed E-state index contributed by atoms with van der Waals surface area (Å²) in [5.41, 5.74) is -0.984. The third-order valence-electron chi connectivity index (χ3n) is 2.52. The Hall–Kier alpha value is -2.31. The number of aromatic nitrogens is 2. The van der Waals surface area contributed by atoms with Crippen LogP contribution in [-0.2, 0) is 6.18 Å². The van der Waals surface area contributed by atoms with E-state index in [-0.39, 0.29) is 12.3 Å². The molecule has 0 bridgehead atoms. The zero-order valence-corrected chi connectivity index (χ0v) is 10.5. The molecule has 4 nitrogen and oxygen atoms in total. The summed E-state index contributed by atoms with van der Waals surface area (Å²) in [7, 11) is 0. The Balaban J connectivity index is 2.08. The van der Waals surface area contributed by atoms with E-state index < -0.39 is 17.8 Å². The minimum atomic E-state index is -4.57. The van der Waals surface area contributed by atoms with Crippen LogP contribution in [0.1, 0.15) is 16.2 Å². The highest BCUT2D eigenvalue weighted by atomic mass is 19.4. The molecule has 0 aliphatic rings. The Kier molecular flexibility index (Phi) is 3.78. The van der Waals surface area contributed by atoms with Crippen LogP contribution >= 0.6 is 0 Å². The maximum Gasteiger partial charge on any atom is 0.435 e. The van der Waals surface area contributed by atoms with Crippen LogP contribution in [0.4, 0.5) is 13.2 Å². The Morgan fingerprint density at radius 2 is 1.95 bits per heavy atom. The van der Waals surface area contributed by atoms with Gasteiger partial charge in [-0.25, -0.2) is 4.68 Å². The van der Waals surface area contributed by atoms with Gasteiger partial charge < -0.3 is 4.74 Å². The molecule has 0 fully saturated rings. The van der Waals surface area contributed by atoms with Crippen molar-refractivity contribution in [3.63, 3.8) is 0 Å². The number of rotatable bonds is 3. The predicted molar refractivity (Wildman–Crippen MR) is 64.5 cm³/mol. The van der Waals surface area contributed by atoms with Gasteiger partial charge in [-0.3, -0.25) is 4.79 Å². The molecule has 0 saturated heterocycles. The number of halogens is 3. The van der Waals surface area contributed by atoms with Crippen molar-refractivity contribution in [1.29, 1.82) is 0 Å². The van der Waals surface area contributed by atoms with Crippen molar-refractivity contribution in [2.75, 3.05) is 6.61 Å². The van der Waals surface area contributed by atoms with Gasteiger partial charge in [0.2, 0.25) is 0 Å². The van der Waals surface area contributed by atoms with Gasteiger partial charge in [0, 0.05) is 5.69 Å². The van der Waals surface area contributed by atoms with E-state index in [9.17, 15) is 18.0 Å². The number of hydrogen-bond donors (Lipinski definition) is 0. The van der Waals surface area contributed by atoms with Crippen molar-refractivity contribution in [2.45, 2.75) is 13.1 Å². The van der Waals surface area contributed by atoms with E-state index in [2.05, 4.69) is 5.10 Å². The average molecular weight is 284 g/mol. The summed E-state index contributed by atoms with van der Waals surface area (Å²) in [6.07, 6.45) is -4.57. The van der Waals surface area contributed by atoms with Gasteiger partial charge in [-0.15, -0.1) is 0 Å². The van der Waals surface area contributed by atoms with Crippen LogP contribution in [0.3, 0.4) is 0 Å². The predicted octanol–water partition coefficient (Wildman–Crippen LogP) is 2.93. The zero-order valence-electron chi connectivity index (χ0n) is 10.5. The fraction of sp³-hybridized carbons (Fsp3) is 0.231. The van der Waals surface area contributed by atoms with Gasteiger partial charge in [-0.05, 0) is 25.1 Å². The fourth-order valence-electron chi connectivity index (χ4n) is 1.59. The fourth-order valence-corrected chi connectivity index (χ4v) is 1.59. The van der Waals surface area contributed by atoms with Gasteiger partial charge >= 0.3 is 6.18 Å². The van der Waals surface area contributed by atoms with Crippen molar-refractivity contribution >= 4 is 5.91 Å². The number of benzene rings is 1. The molecule has 1 aromatic heterocycles. The molecule has 0 aliphatic heterocycles. The largest absolute Gasteiger partial charge is 0.484 e. The summed E-state index contributed by atoms with van der Waals surface area (Å²) in [5, 5.41) is 3.26. The van der Waals surface area contributed by atoms with Crippen LogP contribution in [-0.4, -0.2) is 22.3 Å². The Morgan fingerprint density at radius 1 is 1.30 bits per heavy atom. The maximum absolute atomic E-state index is 12.5. The van der Waals surface area contributed by atoms with Crippen LogP contribution < -0.4 is 4.74 Å². The van der Waals surface area contributed by atoms with Gasteiger partial charge in [0.25, 0.3) is 5.91 Å². The van der Waals surface area contributed by atoms with Gasteiger partial charge in [-0.1, -0.05) is 18.2 Å². The molecule has 0 radical (unpaired) electrons. The molecule has 0 atom stereocenters. The molecular weight excluding hydrogens is 273 g/mol. The van der Waals surface area contributed by atoms with Crippen LogP contribution in [0, 0.1) is 6.92 Å². The van der Waals surface area contributed by atoms with E-state index in [1.54, 1.807) is 30.3 Å². The zero-order chi connectivity index (χ0) is 14.8. The highest BCUT2D eigenvalue weighted by Crippen LogP contribution is 2.28. The number of alkyl halides is 3. The number of nitrogens with zero attached hydrogens (tertiary/aromatic N) is 2. The monoisotopic (exact) mass is 284 g/mol. The smallest absolute Gasteiger partial charge is 0.435 e. The molecule has 7 heteroatoms. The SMILES string of the molecule is Cc1cc(C(F)(F)F)nn1C(=O)COc1ccccc1. The molecular formula is C13H11F3N2O2.